The normalized spacial score (nSPS) is 20.8. The fraction of sp³-hybridized carbons (Fsp3) is 0.480. The first-order chi connectivity index (χ1) is 15.9. The van der Waals surface area contributed by atoms with Crippen molar-refractivity contribution < 1.29 is 36.2 Å². The average Bonchev–Trinajstić information content (AvgIpc) is 2.76. The molecule has 0 bridgehead atoms. The van der Waals surface area contributed by atoms with Gasteiger partial charge in [0.15, 0.2) is 0 Å². The van der Waals surface area contributed by atoms with Crippen LogP contribution in [0.5, 0.6) is 0 Å². The van der Waals surface area contributed by atoms with E-state index in [-0.39, 0.29) is 24.4 Å². The smallest absolute Gasteiger partial charge is 0.416 e. The Morgan fingerprint density at radius 3 is 1.97 bits per heavy atom. The number of piperidine rings is 1. The van der Waals surface area contributed by atoms with Gasteiger partial charge in [0.25, 0.3) is 0 Å². The number of carboxylic acid groups (broad SMARTS) is 1. The zero-order valence-electron chi connectivity index (χ0n) is 18.7. The molecule has 1 aliphatic rings. The zero-order chi connectivity index (χ0) is 25.1. The van der Waals surface area contributed by atoms with E-state index in [4.69, 9.17) is 0 Å². The summed E-state index contributed by atoms with van der Waals surface area (Å²) in [6.45, 7) is 2.46. The molecule has 0 unspecified atom stereocenters. The molecule has 1 N–H and O–H groups in total. The maximum atomic E-state index is 13.1. The number of benzene rings is 2. The van der Waals surface area contributed by atoms with Gasteiger partial charge < -0.3 is 5.11 Å². The molecule has 1 saturated heterocycles. The van der Waals surface area contributed by atoms with Crippen LogP contribution in [-0.4, -0.2) is 22.5 Å². The highest BCUT2D eigenvalue weighted by molar-refractivity contribution is 5.67. The number of carboxylic acids is 1. The molecule has 1 fully saturated rings. The van der Waals surface area contributed by atoms with Crippen LogP contribution in [0.3, 0.4) is 0 Å². The maximum absolute atomic E-state index is 13.1. The van der Waals surface area contributed by atoms with Crippen molar-refractivity contribution in [1.82, 2.24) is 4.90 Å². The van der Waals surface area contributed by atoms with Gasteiger partial charge in [0.05, 0.1) is 11.1 Å². The lowest BCUT2D eigenvalue weighted by Crippen LogP contribution is -2.40. The molecule has 3 atom stereocenters. The number of rotatable bonds is 7. The summed E-state index contributed by atoms with van der Waals surface area (Å²) < 4.78 is 78.3. The molecule has 9 heteroatoms. The summed E-state index contributed by atoms with van der Waals surface area (Å²) in [4.78, 5) is 13.4. The van der Waals surface area contributed by atoms with Crippen molar-refractivity contribution in [2.75, 3.05) is 6.54 Å². The van der Waals surface area contributed by atoms with Gasteiger partial charge >= 0.3 is 18.3 Å². The second kappa shape index (κ2) is 10.4. The van der Waals surface area contributed by atoms with Crippen LogP contribution in [0.4, 0.5) is 26.3 Å². The first kappa shape index (κ1) is 26.1. The minimum atomic E-state index is -4.47. The number of carbonyl (C=O) groups is 1. The van der Waals surface area contributed by atoms with Gasteiger partial charge in [0, 0.05) is 18.5 Å². The van der Waals surface area contributed by atoms with Crippen molar-refractivity contribution in [3.05, 3.63) is 70.8 Å². The summed E-state index contributed by atoms with van der Waals surface area (Å²) >= 11 is 0. The van der Waals surface area contributed by atoms with E-state index < -0.39 is 29.4 Å². The van der Waals surface area contributed by atoms with Crippen molar-refractivity contribution in [1.29, 1.82) is 0 Å². The summed E-state index contributed by atoms with van der Waals surface area (Å²) in [5.74, 6) is -1.08. The molecule has 0 saturated carbocycles. The van der Waals surface area contributed by atoms with Crippen LogP contribution in [-0.2, 0) is 17.1 Å². The number of hydrogen-bond acceptors (Lipinski definition) is 2. The van der Waals surface area contributed by atoms with Crippen LogP contribution in [0.15, 0.2) is 48.5 Å². The lowest BCUT2D eigenvalue weighted by molar-refractivity contribution is -0.139. The van der Waals surface area contributed by atoms with Gasteiger partial charge in [-0.15, -0.1) is 0 Å². The van der Waals surface area contributed by atoms with E-state index in [1.165, 1.54) is 24.3 Å². The number of likely N-dealkylation sites (tertiary alicyclic amines) is 1. The van der Waals surface area contributed by atoms with Crippen molar-refractivity contribution in [3.8, 4) is 0 Å². The Hall–Kier alpha value is -2.55. The standard InChI is InChI=1S/C25H27F6NO2/c1-2-3-21(17-4-8-19(9-5-17)24(26,27)28)32-13-12-16(15-23(33)34)14-22(32)18-6-10-20(11-7-18)25(29,30)31/h4-11,16,21-22H,2-3,12-15H2,1H3,(H,33,34)/t16-,21+,22-/m0/s1. The predicted molar refractivity (Wildman–Crippen MR) is 115 cm³/mol. The maximum Gasteiger partial charge on any atom is 0.416 e. The summed E-state index contributed by atoms with van der Waals surface area (Å²) in [5.41, 5.74) is -0.181. The Labute approximate surface area is 194 Å². The SMILES string of the molecule is CCC[C@H](c1ccc(C(F)(F)F)cc1)N1CC[C@H](CC(=O)O)C[C@H]1c1ccc(C(F)(F)F)cc1. The summed E-state index contributed by atoms with van der Waals surface area (Å²) in [6.07, 6.45) is -6.53. The Balaban J connectivity index is 1.96. The van der Waals surface area contributed by atoms with Crippen molar-refractivity contribution in [2.45, 2.75) is 63.5 Å². The van der Waals surface area contributed by atoms with Gasteiger partial charge in [-0.2, -0.15) is 26.3 Å². The van der Waals surface area contributed by atoms with Crippen LogP contribution in [0.1, 0.15) is 73.4 Å². The highest BCUT2D eigenvalue weighted by Crippen LogP contribution is 2.43. The van der Waals surface area contributed by atoms with Gasteiger partial charge in [-0.05, 0) is 67.1 Å². The first-order valence-electron chi connectivity index (χ1n) is 11.2. The fourth-order valence-corrected chi connectivity index (χ4v) is 4.78. The molecule has 0 radical (unpaired) electrons. The monoisotopic (exact) mass is 487 g/mol. The minimum Gasteiger partial charge on any atom is -0.481 e. The summed E-state index contributed by atoms with van der Waals surface area (Å²) in [6, 6.07) is 9.27. The molecule has 34 heavy (non-hydrogen) atoms. The van der Waals surface area contributed by atoms with E-state index in [9.17, 15) is 36.2 Å². The highest BCUT2D eigenvalue weighted by atomic mass is 19.4. The first-order valence-corrected chi connectivity index (χ1v) is 11.2. The fourth-order valence-electron chi connectivity index (χ4n) is 4.78. The molecule has 0 amide bonds. The molecule has 0 aromatic heterocycles. The van der Waals surface area contributed by atoms with Gasteiger partial charge in [-0.25, -0.2) is 0 Å². The lowest BCUT2D eigenvalue weighted by Gasteiger charge is -2.44. The third-order valence-electron chi connectivity index (χ3n) is 6.42. The molecular weight excluding hydrogens is 460 g/mol. The van der Waals surface area contributed by atoms with Crippen LogP contribution in [0, 0.1) is 5.92 Å². The van der Waals surface area contributed by atoms with Crippen molar-refractivity contribution in [2.24, 2.45) is 5.92 Å². The molecule has 3 rings (SSSR count). The van der Waals surface area contributed by atoms with Gasteiger partial charge in [-0.1, -0.05) is 37.6 Å². The van der Waals surface area contributed by atoms with Crippen LogP contribution in [0.2, 0.25) is 0 Å². The summed E-state index contributed by atoms with van der Waals surface area (Å²) in [7, 11) is 0. The van der Waals surface area contributed by atoms with Crippen LogP contribution >= 0.6 is 0 Å². The van der Waals surface area contributed by atoms with E-state index in [0.29, 0.717) is 36.9 Å². The van der Waals surface area contributed by atoms with E-state index in [1.807, 2.05) is 6.92 Å². The van der Waals surface area contributed by atoms with Gasteiger partial charge in [0.1, 0.15) is 0 Å². The molecule has 1 aliphatic heterocycles. The molecule has 2 aromatic carbocycles. The van der Waals surface area contributed by atoms with E-state index >= 15 is 0 Å². The Kier molecular flexibility index (Phi) is 7.95. The number of aliphatic carboxylic acids is 1. The molecule has 2 aromatic rings. The van der Waals surface area contributed by atoms with Crippen molar-refractivity contribution >= 4 is 5.97 Å². The Morgan fingerprint density at radius 2 is 1.50 bits per heavy atom. The minimum absolute atomic E-state index is 0.0380. The second-order valence-corrected chi connectivity index (χ2v) is 8.79. The second-order valence-electron chi connectivity index (χ2n) is 8.79. The Bertz CT molecular complexity index is 953. The largest absolute Gasteiger partial charge is 0.481 e. The van der Waals surface area contributed by atoms with E-state index in [0.717, 1.165) is 30.7 Å². The van der Waals surface area contributed by atoms with Gasteiger partial charge in [-0.3, -0.25) is 9.69 Å². The number of hydrogen-bond donors (Lipinski definition) is 1. The predicted octanol–water partition coefficient (Wildman–Crippen LogP) is 7.49. The quantitative estimate of drug-likeness (QED) is 0.411. The van der Waals surface area contributed by atoms with Crippen LogP contribution < -0.4 is 0 Å². The molecule has 0 spiro atoms. The number of nitrogens with zero attached hydrogens (tertiary/aromatic N) is 1. The van der Waals surface area contributed by atoms with Gasteiger partial charge in [0.2, 0.25) is 0 Å². The zero-order valence-corrected chi connectivity index (χ0v) is 18.7. The van der Waals surface area contributed by atoms with E-state index in [1.54, 1.807) is 0 Å². The molecular formula is C25H27F6NO2. The molecule has 1 heterocycles. The topological polar surface area (TPSA) is 40.5 Å². The summed E-state index contributed by atoms with van der Waals surface area (Å²) in [5, 5.41) is 9.25. The number of alkyl halides is 6. The highest BCUT2D eigenvalue weighted by Gasteiger charge is 2.37. The third-order valence-corrected chi connectivity index (χ3v) is 6.42. The lowest BCUT2D eigenvalue weighted by atomic mass is 9.82. The molecule has 186 valence electrons. The average molecular weight is 487 g/mol. The number of halogens is 6. The Morgan fingerprint density at radius 1 is 0.971 bits per heavy atom. The van der Waals surface area contributed by atoms with Crippen LogP contribution in [0.25, 0.3) is 0 Å². The van der Waals surface area contributed by atoms with E-state index in [2.05, 4.69) is 4.90 Å². The van der Waals surface area contributed by atoms with Crippen molar-refractivity contribution in [3.63, 3.8) is 0 Å². The molecule has 0 aliphatic carbocycles. The third kappa shape index (κ3) is 6.31. The molecule has 3 nitrogen and oxygen atoms in total.